The lowest BCUT2D eigenvalue weighted by molar-refractivity contribution is 0.102. The Kier molecular flexibility index (Phi) is 5.81. The Morgan fingerprint density at radius 2 is 1.92 bits per heavy atom. The number of hydrogen-bond donors (Lipinski definition) is 1. The summed E-state index contributed by atoms with van der Waals surface area (Å²) in [6.07, 6.45) is 2.79. The molecule has 0 bridgehead atoms. The number of benzene rings is 1. The predicted octanol–water partition coefficient (Wildman–Crippen LogP) is 4.09. The van der Waals surface area contributed by atoms with Gasteiger partial charge < -0.3 is 5.32 Å². The molecular formula is C17H19IN2O3S2. The highest BCUT2D eigenvalue weighted by molar-refractivity contribution is 14.1. The Bertz CT molecular complexity index is 887. The molecule has 0 spiro atoms. The summed E-state index contributed by atoms with van der Waals surface area (Å²) in [7, 11) is -3.62. The molecule has 1 saturated heterocycles. The van der Waals surface area contributed by atoms with Gasteiger partial charge in [-0.15, -0.1) is 11.3 Å². The Hall–Kier alpha value is -0.970. The van der Waals surface area contributed by atoms with Crippen LogP contribution >= 0.6 is 33.9 Å². The molecule has 0 atom stereocenters. The molecule has 2 heterocycles. The Morgan fingerprint density at radius 1 is 1.20 bits per heavy atom. The van der Waals surface area contributed by atoms with Gasteiger partial charge in [0.05, 0.1) is 0 Å². The van der Waals surface area contributed by atoms with Crippen molar-refractivity contribution in [3.8, 4) is 0 Å². The van der Waals surface area contributed by atoms with E-state index < -0.39 is 10.0 Å². The van der Waals surface area contributed by atoms with Gasteiger partial charge in [0.15, 0.2) is 0 Å². The molecule has 0 aliphatic carbocycles. The average Bonchev–Trinajstić information content (AvgIpc) is 3.09. The van der Waals surface area contributed by atoms with Crippen molar-refractivity contribution in [1.29, 1.82) is 0 Å². The van der Waals surface area contributed by atoms with E-state index in [1.165, 1.54) is 10.4 Å². The first-order valence-corrected chi connectivity index (χ1v) is 11.4. The van der Waals surface area contributed by atoms with Gasteiger partial charge in [0, 0.05) is 22.3 Å². The van der Waals surface area contributed by atoms with Crippen molar-refractivity contribution < 1.29 is 13.2 Å². The third-order valence-corrected chi connectivity index (χ3v) is 7.86. The van der Waals surface area contributed by atoms with Gasteiger partial charge in [0.1, 0.15) is 9.77 Å². The molecule has 1 aliphatic heterocycles. The number of hydrogen-bond acceptors (Lipinski definition) is 4. The van der Waals surface area contributed by atoms with Crippen LogP contribution in [0.2, 0.25) is 0 Å². The van der Waals surface area contributed by atoms with Crippen LogP contribution in [0.5, 0.6) is 0 Å². The van der Waals surface area contributed by atoms with Crippen LogP contribution in [0, 0.1) is 10.5 Å². The van der Waals surface area contributed by atoms with Crippen molar-refractivity contribution in [1.82, 2.24) is 4.31 Å². The van der Waals surface area contributed by atoms with Crippen molar-refractivity contribution >= 4 is 55.5 Å². The molecule has 1 amide bonds. The van der Waals surface area contributed by atoms with E-state index in [-0.39, 0.29) is 15.7 Å². The maximum absolute atomic E-state index is 12.9. The van der Waals surface area contributed by atoms with Crippen LogP contribution < -0.4 is 5.32 Å². The second kappa shape index (κ2) is 7.73. The number of carbonyl (C=O) groups is 1. The van der Waals surface area contributed by atoms with Gasteiger partial charge in [-0.2, -0.15) is 4.31 Å². The van der Waals surface area contributed by atoms with E-state index in [2.05, 4.69) is 27.9 Å². The summed E-state index contributed by atoms with van der Waals surface area (Å²) < 4.78 is 28.4. The fourth-order valence-electron chi connectivity index (χ4n) is 2.86. The zero-order chi connectivity index (χ0) is 18.0. The lowest BCUT2D eigenvalue weighted by Crippen LogP contribution is -2.36. The van der Waals surface area contributed by atoms with E-state index in [9.17, 15) is 13.2 Å². The molecular weight excluding hydrogens is 471 g/mol. The highest BCUT2D eigenvalue weighted by Gasteiger charge is 2.31. The second-order valence-electron chi connectivity index (χ2n) is 5.99. The first-order chi connectivity index (χ1) is 11.9. The molecule has 0 saturated carbocycles. The summed E-state index contributed by atoms with van der Waals surface area (Å²) in [5, 5.41) is 4.50. The van der Waals surface area contributed by atoms with Gasteiger partial charge in [-0.1, -0.05) is 6.42 Å². The van der Waals surface area contributed by atoms with Crippen LogP contribution in [0.1, 0.15) is 34.5 Å². The maximum atomic E-state index is 12.9. The third kappa shape index (κ3) is 4.07. The fraction of sp³-hybridized carbons (Fsp3) is 0.353. The van der Waals surface area contributed by atoms with Gasteiger partial charge >= 0.3 is 0 Å². The van der Waals surface area contributed by atoms with Crippen molar-refractivity contribution in [3.63, 3.8) is 0 Å². The van der Waals surface area contributed by atoms with Crippen LogP contribution in [-0.4, -0.2) is 31.7 Å². The van der Waals surface area contributed by atoms with Crippen molar-refractivity contribution in [3.05, 3.63) is 43.7 Å². The summed E-state index contributed by atoms with van der Waals surface area (Å²) in [5.41, 5.74) is 1.64. The number of halogens is 1. The second-order valence-corrected chi connectivity index (χ2v) is 10.1. The molecule has 8 heteroatoms. The molecule has 25 heavy (non-hydrogen) atoms. The summed E-state index contributed by atoms with van der Waals surface area (Å²) in [6, 6.07) is 7.24. The minimum absolute atomic E-state index is 0.111. The number of piperidine rings is 1. The highest BCUT2D eigenvalue weighted by Crippen LogP contribution is 2.28. The lowest BCUT2D eigenvalue weighted by atomic mass is 10.2. The maximum Gasteiger partial charge on any atom is 0.267 e. The predicted molar refractivity (Wildman–Crippen MR) is 109 cm³/mol. The number of nitrogens with one attached hydrogen (secondary N) is 1. The summed E-state index contributed by atoms with van der Waals surface area (Å²) in [5.74, 6) is -0.380. The summed E-state index contributed by atoms with van der Waals surface area (Å²) in [6.45, 7) is 2.96. The number of anilines is 1. The van der Waals surface area contributed by atoms with Crippen LogP contribution in [0.3, 0.4) is 0 Å². The van der Waals surface area contributed by atoms with Crippen LogP contribution in [-0.2, 0) is 10.0 Å². The molecule has 1 N–H and O–H groups in total. The molecule has 2 aromatic rings. The van der Waals surface area contributed by atoms with Crippen molar-refractivity contribution in [2.75, 3.05) is 18.4 Å². The van der Waals surface area contributed by atoms with Gasteiger partial charge in [0.25, 0.3) is 5.91 Å². The molecule has 134 valence electrons. The number of rotatable bonds is 4. The number of nitrogens with zero attached hydrogens (tertiary/aromatic N) is 1. The zero-order valence-electron chi connectivity index (χ0n) is 13.8. The minimum atomic E-state index is -3.62. The van der Waals surface area contributed by atoms with Gasteiger partial charge in [-0.05, 0) is 77.6 Å². The van der Waals surface area contributed by atoms with E-state index >= 15 is 0 Å². The average molecular weight is 490 g/mol. The fourth-order valence-corrected chi connectivity index (χ4v) is 6.32. The number of thiophene rings is 1. The largest absolute Gasteiger partial charge is 0.321 e. The zero-order valence-corrected chi connectivity index (χ0v) is 17.6. The molecule has 0 radical (unpaired) electrons. The number of sulfonamides is 1. The monoisotopic (exact) mass is 490 g/mol. The molecule has 3 rings (SSSR count). The first kappa shape index (κ1) is 18.8. The summed E-state index contributed by atoms with van der Waals surface area (Å²) in [4.78, 5) is 13.0. The minimum Gasteiger partial charge on any atom is -0.321 e. The van der Waals surface area contributed by atoms with Crippen LogP contribution in [0.15, 0.2) is 34.5 Å². The Labute approximate surface area is 165 Å². The van der Waals surface area contributed by atoms with E-state index in [1.807, 2.05) is 25.1 Å². The number of carbonyl (C=O) groups excluding carboxylic acids is 1. The number of amides is 1. The SMILES string of the molecule is Cc1cc(I)ccc1NC(=O)c1sccc1S(=O)(=O)N1CCCCC1. The lowest BCUT2D eigenvalue weighted by Gasteiger charge is -2.25. The topological polar surface area (TPSA) is 66.5 Å². The van der Waals surface area contributed by atoms with E-state index in [4.69, 9.17) is 0 Å². The van der Waals surface area contributed by atoms with Gasteiger partial charge in [0.2, 0.25) is 10.0 Å². The normalized spacial score (nSPS) is 15.9. The molecule has 1 aromatic heterocycles. The van der Waals surface area contributed by atoms with Gasteiger partial charge in [-0.25, -0.2) is 8.42 Å². The van der Waals surface area contributed by atoms with Crippen molar-refractivity contribution in [2.45, 2.75) is 31.1 Å². The molecule has 1 fully saturated rings. The first-order valence-electron chi connectivity index (χ1n) is 8.05. The molecule has 1 aromatic carbocycles. The Balaban J connectivity index is 1.86. The van der Waals surface area contributed by atoms with E-state index in [1.54, 1.807) is 5.38 Å². The quantitative estimate of drug-likeness (QED) is 0.657. The van der Waals surface area contributed by atoms with Crippen molar-refractivity contribution in [2.24, 2.45) is 0 Å². The summed E-state index contributed by atoms with van der Waals surface area (Å²) >= 11 is 3.37. The van der Waals surface area contributed by atoms with E-state index in [0.29, 0.717) is 18.8 Å². The number of aryl methyl sites for hydroxylation is 1. The van der Waals surface area contributed by atoms with Crippen LogP contribution in [0.4, 0.5) is 5.69 Å². The molecule has 1 aliphatic rings. The highest BCUT2D eigenvalue weighted by atomic mass is 127. The Morgan fingerprint density at radius 3 is 2.60 bits per heavy atom. The molecule has 0 unspecified atom stereocenters. The smallest absolute Gasteiger partial charge is 0.267 e. The third-order valence-electron chi connectivity index (χ3n) is 4.20. The standard InChI is InChI=1S/C17H19IN2O3S2/c1-12-11-13(18)5-6-14(12)19-17(21)16-15(7-10-24-16)25(22,23)20-8-3-2-4-9-20/h5-7,10-11H,2-4,8-9H2,1H3,(H,19,21). The molecule has 5 nitrogen and oxygen atoms in total. The van der Waals surface area contributed by atoms with E-state index in [0.717, 1.165) is 39.7 Å². The van der Waals surface area contributed by atoms with Gasteiger partial charge in [-0.3, -0.25) is 4.79 Å². The van der Waals surface area contributed by atoms with Crippen LogP contribution in [0.25, 0.3) is 0 Å².